The minimum atomic E-state index is 0.811. The van der Waals surface area contributed by atoms with Crippen molar-refractivity contribution in [2.45, 2.75) is 0 Å². The smallest absolute Gasteiger partial charge is 0.120 e. The fraction of sp³-hybridized carbons (Fsp3) is 0. The summed E-state index contributed by atoms with van der Waals surface area (Å²) >= 11 is 0. The first-order valence-corrected chi connectivity index (χ1v) is 7.16. The summed E-state index contributed by atoms with van der Waals surface area (Å²) < 4.78 is 0. The Bertz CT molecular complexity index is 919. The number of pyridine rings is 1. The molecule has 104 valence electrons. The maximum Gasteiger partial charge on any atom is 0.120 e. The molecule has 0 fully saturated rings. The van der Waals surface area contributed by atoms with Crippen molar-refractivity contribution >= 4 is 10.9 Å². The fourth-order valence-corrected chi connectivity index (χ4v) is 2.63. The third kappa shape index (κ3) is 2.13. The third-order valence-electron chi connectivity index (χ3n) is 3.64. The van der Waals surface area contributed by atoms with Gasteiger partial charge in [-0.1, -0.05) is 54.6 Å². The van der Waals surface area contributed by atoms with Gasteiger partial charge in [-0.2, -0.15) is 0 Å². The minimum Gasteiger partial charge on any atom is -0.255 e. The topological polar surface area (TPSA) is 38.7 Å². The van der Waals surface area contributed by atoms with E-state index in [-0.39, 0.29) is 0 Å². The molecule has 0 aliphatic heterocycles. The van der Waals surface area contributed by atoms with Crippen LogP contribution in [-0.4, -0.2) is 15.2 Å². The summed E-state index contributed by atoms with van der Waals surface area (Å²) in [5.74, 6) is 0. The van der Waals surface area contributed by atoms with Crippen LogP contribution in [0, 0.1) is 0 Å². The SMILES string of the molecule is c1ccc(-c2c(-c3ccccn3)nnc3ccccc23)cc1. The quantitative estimate of drug-likeness (QED) is 0.548. The summed E-state index contributed by atoms with van der Waals surface area (Å²) in [5, 5.41) is 9.88. The van der Waals surface area contributed by atoms with Crippen LogP contribution in [0.1, 0.15) is 0 Å². The molecule has 0 aliphatic carbocycles. The minimum absolute atomic E-state index is 0.811. The molecule has 4 aromatic rings. The van der Waals surface area contributed by atoms with Crippen LogP contribution in [0.25, 0.3) is 33.4 Å². The van der Waals surface area contributed by atoms with Gasteiger partial charge >= 0.3 is 0 Å². The molecule has 0 atom stereocenters. The predicted octanol–water partition coefficient (Wildman–Crippen LogP) is 4.36. The molecule has 0 spiro atoms. The zero-order valence-electron chi connectivity index (χ0n) is 11.8. The normalized spacial score (nSPS) is 10.7. The van der Waals surface area contributed by atoms with E-state index in [1.807, 2.05) is 54.6 Å². The van der Waals surface area contributed by atoms with Crippen LogP contribution in [0.15, 0.2) is 79.0 Å². The van der Waals surface area contributed by atoms with Gasteiger partial charge in [0, 0.05) is 17.1 Å². The molecule has 22 heavy (non-hydrogen) atoms. The number of nitrogens with zero attached hydrogens (tertiary/aromatic N) is 3. The highest BCUT2D eigenvalue weighted by Crippen LogP contribution is 2.34. The van der Waals surface area contributed by atoms with Crippen molar-refractivity contribution in [2.75, 3.05) is 0 Å². The predicted molar refractivity (Wildman–Crippen MR) is 88.2 cm³/mol. The summed E-state index contributed by atoms with van der Waals surface area (Å²) in [4.78, 5) is 4.44. The maximum absolute atomic E-state index is 4.44. The molecule has 2 aromatic carbocycles. The van der Waals surface area contributed by atoms with E-state index in [1.54, 1.807) is 6.20 Å². The van der Waals surface area contributed by atoms with Crippen molar-refractivity contribution < 1.29 is 0 Å². The first kappa shape index (κ1) is 12.7. The number of rotatable bonds is 2. The Morgan fingerprint density at radius 3 is 2.23 bits per heavy atom. The Kier molecular flexibility index (Phi) is 3.09. The van der Waals surface area contributed by atoms with Crippen molar-refractivity contribution in [1.29, 1.82) is 0 Å². The fourth-order valence-electron chi connectivity index (χ4n) is 2.63. The van der Waals surface area contributed by atoms with E-state index in [2.05, 4.69) is 33.4 Å². The average Bonchev–Trinajstić information content (AvgIpc) is 2.62. The van der Waals surface area contributed by atoms with Crippen molar-refractivity contribution in [3.05, 3.63) is 79.0 Å². The second-order valence-corrected chi connectivity index (χ2v) is 5.02. The van der Waals surface area contributed by atoms with Gasteiger partial charge in [-0.3, -0.25) is 4.98 Å². The summed E-state index contributed by atoms with van der Waals surface area (Å²) in [6.07, 6.45) is 1.78. The molecule has 0 N–H and O–H groups in total. The van der Waals surface area contributed by atoms with Gasteiger partial charge in [0.05, 0.1) is 11.2 Å². The Hall–Kier alpha value is -3.07. The molecular weight excluding hydrogens is 270 g/mol. The van der Waals surface area contributed by atoms with Gasteiger partial charge in [-0.05, 0) is 23.8 Å². The number of fused-ring (bicyclic) bond motifs is 1. The molecular formula is C19H13N3. The Labute approximate surface area is 128 Å². The Morgan fingerprint density at radius 1 is 0.636 bits per heavy atom. The Morgan fingerprint density at radius 2 is 1.41 bits per heavy atom. The number of aromatic nitrogens is 3. The highest BCUT2D eigenvalue weighted by atomic mass is 15.1. The lowest BCUT2D eigenvalue weighted by atomic mass is 9.98. The van der Waals surface area contributed by atoms with E-state index in [9.17, 15) is 0 Å². The monoisotopic (exact) mass is 283 g/mol. The number of benzene rings is 2. The zero-order chi connectivity index (χ0) is 14.8. The van der Waals surface area contributed by atoms with E-state index in [0.717, 1.165) is 33.4 Å². The van der Waals surface area contributed by atoms with Crippen LogP contribution in [0.5, 0.6) is 0 Å². The molecule has 2 heterocycles. The van der Waals surface area contributed by atoms with E-state index >= 15 is 0 Å². The third-order valence-corrected chi connectivity index (χ3v) is 3.64. The first-order chi connectivity index (χ1) is 10.9. The second kappa shape index (κ2) is 5.37. The highest BCUT2D eigenvalue weighted by molar-refractivity contribution is 6.00. The van der Waals surface area contributed by atoms with E-state index in [1.165, 1.54) is 0 Å². The number of hydrogen-bond acceptors (Lipinski definition) is 3. The van der Waals surface area contributed by atoms with E-state index in [4.69, 9.17) is 0 Å². The molecule has 0 saturated carbocycles. The zero-order valence-corrected chi connectivity index (χ0v) is 11.8. The van der Waals surface area contributed by atoms with Gasteiger partial charge in [-0.15, -0.1) is 10.2 Å². The van der Waals surface area contributed by atoms with Gasteiger partial charge < -0.3 is 0 Å². The van der Waals surface area contributed by atoms with Crippen LogP contribution in [0.4, 0.5) is 0 Å². The summed E-state index contributed by atoms with van der Waals surface area (Å²) in [6.45, 7) is 0. The van der Waals surface area contributed by atoms with Gasteiger partial charge in [0.2, 0.25) is 0 Å². The van der Waals surface area contributed by atoms with Crippen LogP contribution >= 0.6 is 0 Å². The summed E-state index contributed by atoms with van der Waals surface area (Å²) in [7, 11) is 0. The first-order valence-electron chi connectivity index (χ1n) is 7.16. The van der Waals surface area contributed by atoms with Crippen LogP contribution in [-0.2, 0) is 0 Å². The molecule has 0 radical (unpaired) electrons. The summed E-state index contributed by atoms with van der Waals surface area (Å²) in [5.41, 5.74) is 4.73. The molecule has 0 aliphatic rings. The van der Waals surface area contributed by atoms with Gasteiger partial charge in [0.25, 0.3) is 0 Å². The van der Waals surface area contributed by atoms with E-state index < -0.39 is 0 Å². The van der Waals surface area contributed by atoms with Crippen molar-refractivity contribution in [3.63, 3.8) is 0 Å². The number of hydrogen-bond donors (Lipinski definition) is 0. The van der Waals surface area contributed by atoms with Gasteiger partial charge in [0.15, 0.2) is 0 Å². The average molecular weight is 283 g/mol. The molecule has 0 amide bonds. The van der Waals surface area contributed by atoms with Gasteiger partial charge in [0.1, 0.15) is 5.69 Å². The maximum atomic E-state index is 4.44. The van der Waals surface area contributed by atoms with Crippen molar-refractivity contribution in [1.82, 2.24) is 15.2 Å². The molecule has 3 heteroatoms. The van der Waals surface area contributed by atoms with E-state index in [0.29, 0.717) is 0 Å². The largest absolute Gasteiger partial charge is 0.255 e. The molecule has 0 bridgehead atoms. The summed E-state index contributed by atoms with van der Waals surface area (Å²) in [6, 6.07) is 24.2. The molecule has 0 unspecified atom stereocenters. The lowest BCUT2D eigenvalue weighted by Gasteiger charge is -2.11. The Balaban J connectivity index is 2.09. The van der Waals surface area contributed by atoms with Crippen LogP contribution < -0.4 is 0 Å². The van der Waals surface area contributed by atoms with Crippen LogP contribution in [0.2, 0.25) is 0 Å². The molecule has 3 nitrogen and oxygen atoms in total. The van der Waals surface area contributed by atoms with Gasteiger partial charge in [-0.25, -0.2) is 0 Å². The second-order valence-electron chi connectivity index (χ2n) is 5.02. The highest BCUT2D eigenvalue weighted by Gasteiger charge is 2.14. The van der Waals surface area contributed by atoms with Crippen molar-refractivity contribution in [3.8, 4) is 22.5 Å². The molecule has 0 saturated heterocycles. The van der Waals surface area contributed by atoms with Crippen LogP contribution in [0.3, 0.4) is 0 Å². The van der Waals surface area contributed by atoms with Crippen molar-refractivity contribution in [2.24, 2.45) is 0 Å². The molecule has 4 rings (SSSR count). The lowest BCUT2D eigenvalue weighted by Crippen LogP contribution is -1.96. The standard InChI is InChI=1S/C19H13N3/c1-2-8-14(9-3-1)18-15-10-4-5-11-16(15)21-22-19(18)17-12-6-7-13-20-17/h1-13H. The molecule has 2 aromatic heterocycles. The lowest BCUT2D eigenvalue weighted by molar-refractivity contribution is 1.07.